The fourth-order valence-electron chi connectivity index (χ4n) is 2.95. The van der Waals surface area contributed by atoms with E-state index in [1.54, 1.807) is 31.3 Å². The molecule has 1 aromatic heterocycles. The molecule has 160 valence electrons. The lowest BCUT2D eigenvalue weighted by molar-refractivity contribution is 0.0784. The van der Waals surface area contributed by atoms with Gasteiger partial charge in [0, 0.05) is 37.7 Å². The third-order valence-corrected chi connectivity index (χ3v) is 4.75. The van der Waals surface area contributed by atoms with E-state index in [9.17, 15) is 9.59 Å². The van der Waals surface area contributed by atoms with Gasteiger partial charge < -0.3 is 20.3 Å². The fraction of sp³-hybridized carbons (Fsp3) is 0.208. The summed E-state index contributed by atoms with van der Waals surface area (Å²) in [6, 6.07) is 18.2. The van der Waals surface area contributed by atoms with Crippen LogP contribution in [0.25, 0.3) is 0 Å². The first kappa shape index (κ1) is 21.8. The van der Waals surface area contributed by atoms with Gasteiger partial charge in [-0.2, -0.15) is 0 Å². The average Bonchev–Trinajstić information content (AvgIpc) is 2.79. The maximum Gasteiger partial charge on any atom is 0.319 e. The Hall–Kier alpha value is -3.87. The van der Waals surface area contributed by atoms with E-state index in [1.165, 1.54) is 0 Å². The van der Waals surface area contributed by atoms with E-state index in [2.05, 4.69) is 15.6 Å². The summed E-state index contributed by atoms with van der Waals surface area (Å²) in [5.74, 6) is 0.684. The summed E-state index contributed by atoms with van der Waals surface area (Å²) in [5, 5.41) is 5.62. The Labute approximate surface area is 182 Å². The molecule has 7 heteroatoms. The van der Waals surface area contributed by atoms with Crippen LogP contribution >= 0.6 is 0 Å². The molecule has 0 atom stereocenters. The van der Waals surface area contributed by atoms with Crippen molar-refractivity contribution in [3.8, 4) is 5.75 Å². The summed E-state index contributed by atoms with van der Waals surface area (Å²) in [7, 11) is 3.37. The van der Waals surface area contributed by atoms with Crippen molar-refractivity contribution in [3.05, 3.63) is 89.2 Å². The summed E-state index contributed by atoms with van der Waals surface area (Å²) in [6.07, 6.45) is 1.59. The van der Waals surface area contributed by atoms with Crippen molar-refractivity contribution in [3.63, 3.8) is 0 Å². The zero-order valence-corrected chi connectivity index (χ0v) is 17.9. The van der Waals surface area contributed by atoms with Crippen LogP contribution < -0.4 is 15.4 Å². The highest BCUT2D eigenvalue weighted by Crippen LogP contribution is 2.14. The molecule has 1 heterocycles. The van der Waals surface area contributed by atoms with Gasteiger partial charge in [-0.1, -0.05) is 24.3 Å². The van der Waals surface area contributed by atoms with Crippen LogP contribution in [0.1, 0.15) is 27.2 Å². The van der Waals surface area contributed by atoms with Crippen LogP contribution in [0.4, 0.5) is 10.5 Å². The Morgan fingerprint density at radius 2 is 1.65 bits per heavy atom. The Balaban J connectivity index is 1.49. The van der Waals surface area contributed by atoms with Gasteiger partial charge in [-0.05, 0) is 54.4 Å². The van der Waals surface area contributed by atoms with Crippen LogP contribution in [-0.4, -0.2) is 36.0 Å². The van der Waals surface area contributed by atoms with Crippen LogP contribution in [0.5, 0.6) is 5.75 Å². The van der Waals surface area contributed by atoms with Crippen LogP contribution in [-0.2, 0) is 13.1 Å². The number of hydrogen-bond donors (Lipinski definition) is 2. The molecule has 3 amide bonds. The normalized spacial score (nSPS) is 10.3. The molecule has 0 aliphatic rings. The second-order valence-electron chi connectivity index (χ2n) is 7.20. The summed E-state index contributed by atoms with van der Waals surface area (Å²) in [6.45, 7) is 2.75. The van der Waals surface area contributed by atoms with Crippen LogP contribution in [0.2, 0.25) is 0 Å². The lowest BCUT2D eigenvalue weighted by Gasteiger charge is -2.17. The first-order valence-electron chi connectivity index (χ1n) is 9.89. The van der Waals surface area contributed by atoms with E-state index in [1.807, 2.05) is 61.5 Å². The number of urea groups is 1. The molecular formula is C24H26N4O3. The number of benzene rings is 2. The molecule has 0 aliphatic heterocycles. The molecular weight excluding hydrogens is 392 g/mol. The second kappa shape index (κ2) is 10.2. The van der Waals surface area contributed by atoms with Gasteiger partial charge in [-0.15, -0.1) is 0 Å². The number of aryl methyl sites for hydroxylation is 1. The monoisotopic (exact) mass is 418 g/mol. The number of rotatable bonds is 7. The third kappa shape index (κ3) is 6.30. The molecule has 2 N–H and O–H groups in total. The Morgan fingerprint density at radius 1 is 0.968 bits per heavy atom. The van der Waals surface area contributed by atoms with Crippen molar-refractivity contribution in [2.24, 2.45) is 0 Å². The van der Waals surface area contributed by atoms with Gasteiger partial charge in [-0.25, -0.2) is 4.79 Å². The smallest absolute Gasteiger partial charge is 0.319 e. The van der Waals surface area contributed by atoms with Crippen molar-refractivity contribution >= 4 is 17.6 Å². The number of methoxy groups -OCH3 is 1. The van der Waals surface area contributed by atoms with Gasteiger partial charge in [0.2, 0.25) is 0 Å². The molecule has 0 unspecified atom stereocenters. The topological polar surface area (TPSA) is 83.6 Å². The van der Waals surface area contributed by atoms with Crippen molar-refractivity contribution < 1.29 is 14.3 Å². The lowest BCUT2D eigenvalue weighted by Crippen LogP contribution is -2.28. The Morgan fingerprint density at radius 3 is 2.26 bits per heavy atom. The number of carbonyl (C=O) groups excluding carboxylic acids is 2. The zero-order chi connectivity index (χ0) is 22.2. The van der Waals surface area contributed by atoms with E-state index in [-0.39, 0.29) is 11.9 Å². The van der Waals surface area contributed by atoms with Gasteiger partial charge in [-0.3, -0.25) is 9.78 Å². The lowest BCUT2D eigenvalue weighted by atomic mass is 10.1. The number of hydrogen-bond acceptors (Lipinski definition) is 4. The van der Waals surface area contributed by atoms with E-state index in [0.29, 0.717) is 24.3 Å². The molecule has 0 fully saturated rings. The fourth-order valence-corrected chi connectivity index (χ4v) is 2.95. The van der Waals surface area contributed by atoms with Crippen molar-refractivity contribution in [2.75, 3.05) is 19.5 Å². The number of nitrogens with one attached hydrogen (secondary N) is 2. The number of amides is 3. The van der Waals surface area contributed by atoms with Gasteiger partial charge in [0.25, 0.3) is 5.91 Å². The summed E-state index contributed by atoms with van der Waals surface area (Å²) in [5.41, 5.74) is 4.03. The second-order valence-corrected chi connectivity index (χ2v) is 7.20. The third-order valence-electron chi connectivity index (χ3n) is 4.75. The molecule has 3 aromatic rings. The van der Waals surface area contributed by atoms with Crippen molar-refractivity contribution in [2.45, 2.75) is 20.0 Å². The van der Waals surface area contributed by atoms with Crippen LogP contribution in [0.3, 0.4) is 0 Å². The SMILES string of the molecule is COc1ccc(CNC(=O)Nc2ccc(CN(C)C(=O)c3ccc(C)nc3)cc2)cc1. The number of anilines is 1. The highest BCUT2D eigenvalue weighted by molar-refractivity contribution is 5.93. The molecule has 3 rings (SSSR count). The molecule has 0 radical (unpaired) electrons. The minimum atomic E-state index is -0.289. The largest absolute Gasteiger partial charge is 0.497 e. The average molecular weight is 418 g/mol. The van der Waals surface area contributed by atoms with Gasteiger partial charge in [0.05, 0.1) is 12.7 Å². The van der Waals surface area contributed by atoms with E-state index in [4.69, 9.17) is 4.74 Å². The molecule has 0 saturated heterocycles. The van der Waals surface area contributed by atoms with E-state index < -0.39 is 0 Å². The predicted molar refractivity (Wildman–Crippen MR) is 120 cm³/mol. The minimum absolute atomic E-state index is 0.0902. The van der Waals surface area contributed by atoms with Gasteiger partial charge in [0.1, 0.15) is 5.75 Å². The molecule has 0 spiro atoms. The molecule has 2 aromatic carbocycles. The summed E-state index contributed by atoms with van der Waals surface area (Å²) in [4.78, 5) is 30.5. The quantitative estimate of drug-likeness (QED) is 0.608. The van der Waals surface area contributed by atoms with Crippen molar-refractivity contribution in [1.29, 1.82) is 0 Å². The standard InChI is InChI=1S/C24H26N4O3/c1-17-4-9-20(15-25-17)23(29)28(2)16-19-5-10-21(11-6-19)27-24(30)26-14-18-7-12-22(31-3)13-8-18/h4-13,15H,14,16H2,1-3H3,(H2,26,27,30). The van der Waals surface area contributed by atoms with E-state index >= 15 is 0 Å². The molecule has 7 nitrogen and oxygen atoms in total. The Bertz CT molecular complexity index is 1020. The first-order chi connectivity index (χ1) is 14.9. The number of carbonyl (C=O) groups is 2. The van der Waals surface area contributed by atoms with Gasteiger partial charge >= 0.3 is 6.03 Å². The highest BCUT2D eigenvalue weighted by Gasteiger charge is 2.12. The summed E-state index contributed by atoms with van der Waals surface area (Å²) < 4.78 is 5.12. The first-order valence-corrected chi connectivity index (χ1v) is 9.89. The van der Waals surface area contributed by atoms with E-state index in [0.717, 1.165) is 22.6 Å². The summed E-state index contributed by atoms with van der Waals surface area (Å²) >= 11 is 0. The maximum absolute atomic E-state index is 12.5. The number of nitrogens with zero attached hydrogens (tertiary/aromatic N) is 2. The number of pyridine rings is 1. The maximum atomic E-state index is 12.5. The van der Waals surface area contributed by atoms with Gasteiger partial charge in [0.15, 0.2) is 0 Å². The van der Waals surface area contributed by atoms with Crippen molar-refractivity contribution in [1.82, 2.24) is 15.2 Å². The predicted octanol–water partition coefficient (Wildman–Crippen LogP) is 3.99. The molecule has 0 bridgehead atoms. The molecule has 0 saturated carbocycles. The van der Waals surface area contributed by atoms with Crippen LogP contribution in [0, 0.1) is 6.92 Å². The molecule has 31 heavy (non-hydrogen) atoms. The highest BCUT2D eigenvalue weighted by atomic mass is 16.5. The molecule has 0 aliphatic carbocycles. The minimum Gasteiger partial charge on any atom is -0.497 e. The zero-order valence-electron chi connectivity index (χ0n) is 17.9. The van der Waals surface area contributed by atoms with Crippen LogP contribution in [0.15, 0.2) is 66.9 Å². The Kier molecular flexibility index (Phi) is 7.22. The number of ether oxygens (including phenoxy) is 1. The number of aromatic nitrogens is 1.